The second-order valence-corrected chi connectivity index (χ2v) is 8.91. The van der Waals surface area contributed by atoms with Crippen molar-refractivity contribution in [3.63, 3.8) is 0 Å². The fourth-order valence-corrected chi connectivity index (χ4v) is 4.79. The van der Waals surface area contributed by atoms with Crippen molar-refractivity contribution in [2.45, 2.75) is 52.1 Å². The molecule has 138 valence electrons. The maximum atomic E-state index is 13.6. The van der Waals surface area contributed by atoms with Crippen molar-refractivity contribution >= 4 is 21.6 Å². The van der Waals surface area contributed by atoms with Crippen molar-refractivity contribution in [2.75, 3.05) is 0 Å². The van der Waals surface area contributed by atoms with Crippen molar-refractivity contribution in [1.82, 2.24) is 14.8 Å². The molecule has 0 fully saturated rings. The molecule has 0 saturated heterocycles. The van der Waals surface area contributed by atoms with E-state index in [1.54, 1.807) is 0 Å². The lowest BCUT2D eigenvalue weighted by Crippen LogP contribution is -2.25. The van der Waals surface area contributed by atoms with Gasteiger partial charge in [-0.2, -0.15) is 18.3 Å². The van der Waals surface area contributed by atoms with E-state index in [2.05, 4.69) is 30.9 Å². The third-order valence-corrected chi connectivity index (χ3v) is 6.06. The molecule has 0 saturated carbocycles. The van der Waals surface area contributed by atoms with Crippen molar-refractivity contribution < 1.29 is 13.2 Å². The number of benzene rings is 1. The Morgan fingerprint density at radius 1 is 1.15 bits per heavy atom. The predicted octanol–water partition coefficient (Wildman–Crippen LogP) is 5.97. The van der Waals surface area contributed by atoms with Crippen LogP contribution in [0.4, 0.5) is 13.2 Å². The van der Waals surface area contributed by atoms with Gasteiger partial charge in [-0.1, -0.05) is 44.2 Å². The van der Waals surface area contributed by atoms with Gasteiger partial charge in [0, 0.05) is 11.5 Å². The minimum atomic E-state index is -4.45. The van der Waals surface area contributed by atoms with Crippen molar-refractivity contribution in [3.05, 3.63) is 41.2 Å². The molecule has 7 heteroatoms. The normalized spacial score (nSPS) is 18.3. The Balaban J connectivity index is 1.98. The quantitative estimate of drug-likeness (QED) is 0.522. The zero-order chi connectivity index (χ0) is 18.7. The van der Waals surface area contributed by atoms with E-state index < -0.39 is 11.9 Å². The van der Waals surface area contributed by atoms with Crippen LogP contribution in [-0.2, 0) is 12.6 Å². The molecule has 26 heavy (non-hydrogen) atoms. The molecule has 0 bridgehead atoms. The number of para-hydroxylation sites is 1. The Morgan fingerprint density at radius 2 is 1.88 bits per heavy atom. The maximum absolute atomic E-state index is 13.6. The highest BCUT2D eigenvalue weighted by Crippen LogP contribution is 2.47. The molecule has 1 aliphatic carbocycles. The van der Waals surface area contributed by atoms with E-state index >= 15 is 0 Å². The number of alkyl halides is 3. The molecule has 0 amide bonds. The van der Waals surface area contributed by atoms with Gasteiger partial charge in [-0.05, 0) is 36.8 Å². The summed E-state index contributed by atoms with van der Waals surface area (Å²) in [4.78, 5) is 4.55. The number of halogens is 3. The summed E-state index contributed by atoms with van der Waals surface area (Å²) >= 11 is 1.38. The summed E-state index contributed by atoms with van der Waals surface area (Å²) < 4.78 is 43.3. The van der Waals surface area contributed by atoms with Gasteiger partial charge in [0.15, 0.2) is 5.69 Å². The third-order valence-electron chi connectivity index (χ3n) is 5.05. The third kappa shape index (κ3) is 2.82. The van der Waals surface area contributed by atoms with Gasteiger partial charge in [-0.25, -0.2) is 9.67 Å². The van der Waals surface area contributed by atoms with E-state index in [1.165, 1.54) is 16.0 Å². The molecule has 1 aromatic carbocycles. The van der Waals surface area contributed by atoms with E-state index in [9.17, 15) is 13.2 Å². The van der Waals surface area contributed by atoms with E-state index in [0.29, 0.717) is 22.8 Å². The van der Waals surface area contributed by atoms with Crippen LogP contribution in [0.15, 0.2) is 24.3 Å². The summed E-state index contributed by atoms with van der Waals surface area (Å²) in [5, 5.41) is 4.54. The van der Waals surface area contributed by atoms with Crippen molar-refractivity contribution in [2.24, 2.45) is 5.41 Å². The molecule has 0 aliphatic heterocycles. The molecule has 0 N–H and O–H groups in total. The fourth-order valence-electron chi connectivity index (χ4n) is 3.85. The first kappa shape index (κ1) is 17.5. The van der Waals surface area contributed by atoms with Gasteiger partial charge in [-0.3, -0.25) is 0 Å². The van der Waals surface area contributed by atoms with E-state index in [0.717, 1.165) is 23.1 Å². The molecule has 1 atom stereocenters. The zero-order valence-electron chi connectivity index (χ0n) is 14.9. The van der Waals surface area contributed by atoms with Crippen molar-refractivity contribution in [3.8, 4) is 5.13 Å². The number of thiazole rings is 1. The Bertz CT molecular complexity index is 930. The van der Waals surface area contributed by atoms with Crippen LogP contribution >= 0.6 is 11.3 Å². The van der Waals surface area contributed by atoms with E-state index in [-0.39, 0.29) is 11.3 Å². The zero-order valence-corrected chi connectivity index (χ0v) is 15.7. The maximum Gasteiger partial charge on any atom is 0.435 e. The van der Waals surface area contributed by atoms with E-state index in [4.69, 9.17) is 0 Å². The Hall–Kier alpha value is -1.89. The molecule has 4 rings (SSSR count). The van der Waals surface area contributed by atoms with Crippen LogP contribution in [0.1, 0.15) is 56.5 Å². The largest absolute Gasteiger partial charge is 0.435 e. The van der Waals surface area contributed by atoms with Gasteiger partial charge in [0.25, 0.3) is 0 Å². The monoisotopic (exact) mass is 379 g/mol. The molecule has 0 unspecified atom stereocenters. The SMILES string of the molecule is CC(C)(C)[C@@H]1CCCc2c(C(F)(F)F)nn(-c3nc4ccccc4s3)c21. The molecule has 2 aromatic heterocycles. The Morgan fingerprint density at radius 3 is 2.54 bits per heavy atom. The van der Waals surface area contributed by atoms with E-state index in [1.807, 2.05) is 24.3 Å². The van der Waals surface area contributed by atoms with Crippen molar-refractivity contribution in [1.29, 1.82) is 0 Å². The van der Waals surface area contributed by atoms with Gasteiger partial charge >= 0.3 is 6.18 Å². The van der Waals surface area contributed by atoms with Crippen LogP contribution < -0.4 is 0 Å². The lowest BCUT2D eigenvalue weighted by Gasteiger charge is -2.34. The van der Waals surface area contributed by atoms with Crippen LogP contribution in [-0.4, -0.2) is 14.8 Å². The van der Waals surface area contributed by atoms with Crippen LogP contribution in [0.5, 0.6) is 0 Å². The van der Waals surface area contributed by atoms with Crippen LogP contribution in [0.2, 0.25) is 0 Å². The fraction of sp³-hybridized carbons (Fsp3) is 0.474. The highest BCUT2D eigenvalue weighted by molar-refractivity contribution is 7.20. The van der Waals surface area contributed by atoms with Crippen LogP contribution in [0.25, 0.3) is 15.3 Å². The summed E-state index contributed by atoms with van der Waals surface area (Å²) in [6.45, 7) is 6.24. The first-order valence-corrected chi connectivity index (χ1v) is 9.53. The first-order chi connectivity index (χ1) is 12.2. The number of aromatic nitrogens is 3. The molecule has 0 radical (unpaired) electrons. The number of hydrogen-bond acceptors (Lipinski definition) is 3. The van der Waals surface area contributed by atoms with Gasteiger partial charge < -0.3 is 0 Å². The van der Waals surface area contributed by atoms with Gasteiger partial charge in [0.2, 0.25) is 5.13 Å². The Kier molecular flexibility index (Phi) is 3.91. The second-order valence-electron chi connectivity index (χ2n) is 7.90. The minimum absolute atomic E-state index is 0.0156. The highest BCUT2D eigenvalue weighted by Gasteiger charge is 2.44. The summed E-state index contributed by atoms with van der Waals surface area (Å²) in [6.07, 6.45) is -2.42. The Labute approximate surface area is 153 Å². The van der Waals surface area contributed by atoms with Crippen LogP contribution in [0, 0.1) is 5.41 Å². The lowest BCUT2D eigenvalue weighted by molar-refractivity contribution is -0.142. The van der Waals surface area contributed by atoms with Gasteiger partial charge in [0.1, 0.15) is 0 Å². The van der Waals surface area contributed by atoms with Gasteiger partial charge in [0.05, 0.1) is 15.9 Å². The molecular weight excluding hydrogens is 359 g/mol. The second kappa shape index (κ2) is 5.81. The smallest absolute Gasteiger partial charge is 0.218 e. The standard InChI is InChI=1S/C19H20F3N3S/c1-18(2,3)12-8-6-7-11-15(12)25(24-16(11)19(20,21)22)17-23-13-9-4-5-10-14(13)26-17/h4-5,9-10,12H,6-8H2,1-3H3/t12-/m1/s1. The predicted molar refractivity (Wildman–Crippen MR) is 96.9 cm³/mol. The summed E-state index contributed by atoms with van der Waals surface area (Å²) in [7, 11) is 0. The highest BCUT2D eigenvalue weighted by atomic mass is 32.1. The molecule has 1 aliphatic rings. The lowest BCUT2D eigenvalue weighted by atomic mass is 9.71. The summed E-state index contributed by atoms with van der Waals surface area (Å²) in [6, 6.07) is 7.58. The number of rotatable bonds is 1. The first-order valence-electron chi connectivity index (χ1n) is 8.71. The topological polar surface area (TPSA) is 30.7 Å². The average molecular weight is 379 g/mol. The average Bonchev–Trinajstić information content (AvgIpc) is 3.14. The number of nitrogens with zero attached hydrogens (tertiary/aromatic N) is 3. The minimum Gasteiger partial charge on any atom is -0.218 e. The molecule has 2 heterocycles. The van der Waals surface area contributed by atoms with Crippen LogP contribution in [0.3, 0.4) is 0 Å². The van der Waals surface area contributed by atoms with Gasteiger partial charge in [-0.15, -0.1) is 0 Å². The molecule has 3 aromatic rings. The number of fused-ring (bicyclic) bond motifs is 2. The number of hydrogen-bond donors (Lipinski definition) is 0. The molecule has 0 spiro atoms. The molecule has 3 nitrogen and oxygen atoms in total. The molecular formula is C19H20F3N3S. The summed E-state index contributed by atoms with van der Waals surface area (Å²) in [5.41, 5.74) is 0.930. The summed E-state index contributed by atoms with van der Waals surface area (Å²) in [5.74, 6) is 0.0156.